The van der Waals surface area contributed by atoms with Crippen molar-refractivity contribution in [2.24, 2.45) is 0 Å². The maximum absolute atomic E-state index is 13.4. The Morgan fingerprint density at radius 1 is 1.10 bits per heavy atom. The van der Waals surface area contributed by atoms with Gasteiger partial charge in [0.15, 0.2) is 0 Å². The van der Waals surface area contributed by atoms with Crippen molar-refractivity contribution >= 4 is 0 Å². The highest BCUT2D eigenvalue weighted by atomic mass is 19.4. The Bertz CT molecular complexity index is 689. The quantitative estimate of drug-likeness (QED) is 0.791. The van der Waals surface area contributed by atoms with Crippen LogP contribution in [0.15, 0.2) is 42.5 Å². The van der Waals surface area contributed by atoms with Crippen molar-refractivity contribution in [2.45, 2.75) is 12.8 Å². The third-order valence-electron chi connectivity index (χ3n) is 2.77. The number of ether oxygens (including phenoxy) is 1. The molecule has 0 saturated carbocycles. The van der Waals surface area contributed by atoms with E-state index >= 15 is 0 Å². The molecule has 0 aliphatic carbocycles. The van der Waals surface area contributed by atoms with E-state index in [1.54, 1.807) is 6.07 Å². The number of hydrogen-bond donors (Lipinski definition) is 0. The van der Waals surface area contributed by atoms with Crippen LogP contribution in [0.4, 0.5) is 17.6 Å². The zero-order valence-electron chi connectivity index (χ0n) is 10.6. The van der Waals surface area contributed by atoms with Crippen LogP contribution in [0.25, 0.3) is 0 Å². The van der Waals surface area contributed by atoms with Gasteiger partial charge in [-0.3, -0.25) is 0 Å². The number of alkyl halides is 3. The molecular formula is C15H9F4NO. The summed E-state index contributed by atoms with van der Waals surface area (Å²) in [6.07, 6.45) is -4.65. The third kappa shape index (κ3) is 3.51. The Kier molecular flexibility index (Phi) is 4.13. The molecule has 0 fully saturated rings. The molecule has 0 N–H and O–H groups in total. The Hall–Kier alpha value is -2.55. The lowest BCUT2D eigenvalue weighted by Crippen LogP contribution is -2.08. The molecule has 2 aromatic rings. The van der Waals surface area contributed by atoms with Gasteiger partial charge in [-0.25, -0.2) is 4.39 Å². The monoisotopic (exact) mass is 295 g/mol. The highest BCUT2D eigenvalue weighted by Crippen LogP contribution is 2.34. The molecule has 0 atom stereocenters. The first kappa shape index (κ1) is 14.9. The predicted molar refractivity (Wildman–Crippen MR) is 66.9 cm³/mol. The predicted octanol–water partition coefficient (Wildman–Crippen LogP) is 4.30. The van der Waals surface area contributed by atoms with Crippen molar-refractivity contribution in [2.75, 3.05) is 0 Å². The number of rotatable bonds is 3. The van der Waals surface area contributed by atoms with Crippen LogP contribution >= 0.6 is 0 Å². The number of halogens is 4. The summed E-state index contributed by atoms with van der Waals surface area (Å²) in [5, 5.41) is 8.68. The molecule has 2 aromatic carbocycles. The molecule has 2 nitrogen and oxygen atoms in total. The molecule has 0 radical (unpaired) electrons. The molecule has 0 unspecified atom stereocenters. The standard InChI is InChI=1S/C15H9F4NO/c16-14-4-2-1-3-11(14)9-21-12-6-5-10(8-20)13(7-12)15(17,18)19/h1-7H,9H2. The van der Waals surface area contributed by atoms with Gasteiger partial charge in [-0.15, -0.1) is 0 Å². The topological polar surface area (TPSA) is 33.0 Å². The molecule has 2 rings (SSSR count). The summed E-state index contributed by atoms with van der Waals surface area (Å²) < 4.78 is 56.9. The van der Waals surface area contributed by atoms with Crippen LogP contribution < -0.4 is 4.74 Å². The summed E-state index contributed by atoms with van der Waals surface area (Å²) in [5.74, 6) is -0.577. The van der Waals surface area contributed by atoms with Crippen LogP contribution in [0, 0.1) is 17.1 Å². The van der Waals surface area contributed by atoms with Crippen molar-refractivity contribution in [1.29, 1.82) is 5.26 Å². The lowest BCUT2D eigenvalue weighted by molar-refractivity contribution is -0.137. The van der Waals surface area contributed by atoms with Gasteiger partial charge in [0, 0.05) is 5.56 Å². The Morgan fingerprint density at radius 2 is 1.81 bits per heavy atom. The molecular weight excluding hydrogens is 286 g/mol. The zero-order valence-corrected chi connectivity index (χ0v) is 10.6. The summed E-state index contributed by atoms with van der Waals surface area (Å²) in [6, 6.07) is 10.3. The van der Waals surface area contributed by atoms with E-state index in [0.717, 1.165) is 12.1 Å². The Labute approximate surface area is 118 Å². The first-order chi connectivity index (χ1) is 9.91. The largest absolute Gasteiger partial charge is 0.489 e. The summed E-state index contributed by atoms with van der Waals surface area (Å²) >= 11 is 0. The van der Waals surface area contributed by atoms with Gasteiger partial charge in [-0.2, -0.15) is 18.4 Å². The summed E-state index contributed by atoms with van der Waals surface area (Å²) in [6.45, 7) is -0.199. The van der Waals surface area contributed by atoms with Crippen LogP contribution in [0.3, 0.4) is 0 Å². The maximum Gasteiger partial charge on any atom is 0.417 e. The van der Waals surface area contributed by atoms with E-state index in [4.69, 9.17) is 10.00 Å². The molecule has 0 heterocycles. The van der Waals surface area contributed by atoms with E-state index in [2.05, 4.69) is 0 Å². The van der Waals surface area contributed by atoms with Gasteiger partial charge in [0.25, 0.3) is 0 Å². The van der Waals surface area contributed by atoms with Crippen molar-refractivity contribution in [3.8, 4) is 11.8 Å². The van der Waals surface area contributed by atoms with Crippen LogP contribution in [-0.2, 0) is 12.8 Å². The van der Waals surface area contributed by atoms with Gasteiger partial charge in [0.2, 0.25) is 0 Å². The van der Waals surface area contributed by atoms with Crippen LogP contribution in [0.1, 0.15) is 16.7 Å². The van der Waals surface area contributed by atoms with Crippen LogP contribution in [-0.4, -0.2) is 0 Å². The van der Waals surface area contributed by atoms with Crippen molar-refractivity contribution in [1.82, 2.24) is 0 Å². The third-order valence-corrected chi connectivity index (χ3v) is 2.77. The van der Waals surface area contributed by atoms with Crippen molar-refractivity contribution in [3.05, 3.63) is 65.0 Å². The van der Waals surface area contributed by atoms with E-state index in [1.807, 2.05) is 0 Å². The minimum Gasteiger partial charge on any atom is -0.489 e. The zero-order chi connectivity index (χ0) is 15.5. The summed E-state index contributed by atoms with van der Waals surface area (Å²) in [4.78, 5) is 0. The molecule has 0 aliphatic heterocycles. The minimum absolute atomic E-state index is 0.0791. The van der Waals surface area contributed by atoms with Gasteiger partial charge in [0.1, 0.15) is 18.2 Å². The lowest BCUT2D eigenvalue weighted by atomic mass is 10.1. The smallest absolute Gasteiger partial charge is 0.417 e. The van der Waals surface area contributed by atoms with Crippen LogP contribution in [0.2, 0.25) is 0 Å². The average molecular weight is 295 g/mol. The average Bonchev–Trinajstić information content (AvgIpc) is 2.45. The van der Waals surface area contributed by atoms with E-state index in [0.29, 0.717) is 0 Å². The highest BCUT2D eigenvalue weighted by molar-refractivity contribution is 5.44. The molecule has 0 aliphatic rings. The number of nitrogens with zero attached hydrogens (tertiary/aromatic N) is 1. The second-order valence-corrected chi connectivity index (χ2v) is 4.20. The van der Waals surface area contributed by atoms with Crippen molar-refractivity contribution in [3.63, 3.8) is 0 Å². The molecule has 0 bridgehead atoms. The van der Waals surface area contributed by atoms with Gasteiger partial charge in [-0.05, 0) is 24.3 Å². The Balaban J connectivity index is 2.23. The normalized spacial score (nSPS) is 11.0. The van der Waals surface area contributed by atoms with Gasteiger partial charge < -0.3 is 4.74 Å². The fraction of sp³-hybridized carbons (Fsp3) is 0.133. The SMILES string of the molecule is N#Cc1ccc(OCc2ccccc2F)cc1C(F)(F)F. The minimum atomic E-state index is -4.65. The van der Waals surface area contributed by atoms with E-state index in [1.165, 1.54) is 30.3 Å². The number of benzene rings is 2. The second kappa shape index (κ2) is 5.83. The lowest BCUT2D eigenvalue weighted by Gasteiger charge is -2.12. The first-order valence-electron chi connectivity index (χ1n) is 5.89. The molecule has 0 saturated heterocycles. The number of nitriles is 1. The van der Waals surface area contributed by atoms with Crippen molar-refractivity contribution < 1.29 is 22.3 Å². The summed E-state index contributed by atoms with van der Waals surface area (Å²) in [7, 11) is 0. The molecule has 0 spiro atoms. The highest BCUT2D eigenvalue weighted by Gasteiger charge is 2.34. The molecule has 0 aromatic heterocycles. The van der Waals surface area contributed by atoms with Gasteiger partial charge >= 0.3 is 6.18 Å². The Morgan fingerprint density at radius 3 is 2.43 bits per heavy atom. The second-order valence-electron chi connectivity index (χ2n) is 4.20. The summed E-state index contributed by atoms with van der Waals surface area (Å²) in [5.41, 5.74) is -1.33. The van der Waals surface area contributed by atoms with E-state index in [-0.39, 0.29) is 17.9 Å². The van der Waals surface area contributed by atoms with E-state index in [9.17, 15) is 17.6 Å². The van der Waals surface area contributed by atoms with Gasteiger partial charge in [-0.1, -0.05) is 18.2 Å². The maximum atomic E-state index is 13.4. The first-order valence-corrected chi connectivity index (χ1v) is 5.89. The number of hydrogen-bond acceptors (Lipinski definition) is 2. The fourth-order valence-corrected chi connectivity index (χ4v) is 1.72. The molecule has 0 amide bonds. The molecule has 108 valence electrons. The van der Waals surface area contributed by atoms with Crippen LogP contribution in [0.5, 0.6) is 5.75 Å². The molecule has 6 heteroatoms. The fourth-order valence-electron chi connectivity index (χ4n) is 1.72. The van der Waals surface area contributed by atoms with E-state index < -0.39 is 23.1 Å². The molecule has 21 heavy (non-hydrogen) atoms. The van der Waals surface area contributed by atoms with Gasteiger partial charge in [0.05, 0.1) is 17.2 Å².